The fourth-order valence-electron chi connectivity index (χ4n) is 2.15. The number of phenolic OH excluding ortho intramolecular Hbond substituents is 1. The van der Waals surface area contributed by atoms with Gasteiger partial charge in [-0.1, -0.05) is 20.8 Å². The smallest absolute Gasteiger partial charge is 0.133 e. The lowest BCUT2D eigenvalue weighted by Gasteiger charge is -2.21. The molecule has 1 aromatic rings. The number of aliphatic imine (C=N–C) groups is 2. The monoisotopic (exact) mass is 346 g/mol. The molecule has 0 aliphatic rings. The van der Waals surface area contributed by atoms with Gasteiger partial charge in [0.25, 0.3) is 0 Å². The van der Waals surface area contributed by atoms with Gasteiger partial charge in [-0.15, -0.1) is 0 Å². The van der Waals surface area contributed by atoms with Crippen molar-refractivity contribution < 1.29 is 5.11 Å². The van der Waals surface area contributed by atoms with E-state index in [9.17, 15) is 5.11 Å². The van der Waals surface area contributed by atoms with Crippen molar-refractivity contribution in [3.05, 3.63) is 28.8 Å². The third-order valence-corrected chi connectivity index (χ3v) is 3.85. The van der Waals surface area contributed by atoms with E-state index in [2.05, 4.69) is 40.6 Å². The van der Waals surface area contributed by atoms with Crippen molar-refractivity contribution in [2.45, 2.75) is 26.2 Å². The average Bonchev–Trinajstić information content (AvgIpc) is 2.49. The van der Waals surface area contributed by atoms with Gasteiger partial charge in [0.1, 0.15) is 5.75 Å². The van der Waals surface area contributed by atoms with E-state index in [1.807, 2.05) is 40.3 Å². The summed E-state index contributed by atoms with van der Waals surface area (Å²) in [6, 6.07) is 4.04. The van der Waals surface area contributed by atoms with Crippen LogP contribution in [0.25, 0.3) is 0 Å². The molecule has 0 aliphatic carbocycles. The molecule has 0 bridgehead atoms. The summed E-state index contributed by atoms with van der Waals surface area (Å²) in [5.74, 6) is 0.246. The third-order valence-electron chi connectivity index (χ3n) is 3.85. The first-order valence-electron chi connectivity index (χ1n) is 8.78. The SMILES string of the molecule is CN(C)CCN=Cc1cc(C(C)(C)C)cc(C=NCCN(C)C)c1O. The molecular formula is C20H34N4O. The average molecular weight is 347 g/mol. The molecule has 5 nitrogen and oxygen atoms in total. The van der Waals surface area contributed by atoms with Crippen molar-refractivity contribution >= 4 is 12.4 Å². The molecule has 1 rings (SSSR count). The molecule has 0 spiro atoms. The number of rotatable bonds is 8. The maximum atomic E-state index is 10.6. The Morgan fingerprint density at radius 2 is 1.28 bits per heavy atom. The fraction of sp³-hybridized carbons (Fsp3) is 0.600. The molecule has 1 N–H and O–H groups in total. The Balaban J connectivity index is 3.08. The van der Waals surface area contributed by atoms with Gasteiger partial charge in [-0.2, -0.15) is 0 Å². The van der Waals surface area contributed by atoms with E-state index in [1.165, 1.54) is 0 Å². The quantitative estimate of drug-likeness (QED) is 0.736. The first kappa shape index (κ1) is 21.3. The third kappa shape index (κ3) is 7.80. The van der Waals surface area contributed by atoms with E-state index in [0.717, 1.165) is 29.8 Å². The molecule has 0 atom stereocenters. The Bertz CT molecular complexity index is 555. The Hall–Kier alpha value is -1.72. The summed E-state index contributed by atoms with van der Waals surface area (Å²) in [4.78, 5) is 13.1. The van der Waals surface area contributed by atoms with Crippen LogP contribution >= 0.6 is 0 Å². The van der Waals surface area contributed by atoms with E-state index >= 15 is 0 Å². The van der Waals surface area contributed by atoms with Gasteiger partial charge in [-0.05, 0) is 51.3 Å². The number of phenols is 1. The van der Waals surface area contributed by atoms with Gasteiger partial charge >= 0.3 is 0 Å². The Labute approximate surface area is 153 Å². The highest BCUT2D eigenvalue weighted by atomic mass is 16.3. The predicted molar refractivity (Wildman–Crippen MR) is 109 cm³/mol. The zero-order chi connectivity index (χ0) is 19.0. The van der Waals surface area contributed by atoms with E-state index in [-0.39, 0.29) is 11.2 Å². The van der Waals surface area contributed by atoms with Gasteiger partial charge in [0.15, 0.2) is 0 Å². The minimum Gasteiger partial charge on any atom is -0.507 e. The molecule has 0 unspecified atom stereocenters. The molecule has 0 saturated carbocycles. The van der Waals surface area contributed by atoms with Gasteiger partial charge in [0, 0.05) is 36.6 Å². The van der Waals surface area contributed by atoms with Crippen LogP contribution < -0.4 is 0 Å². The molecule has 1 aromatic carbocycles. The largest absolute Gasteiger partial charge is 0.507 e. The van der Waals surface area contributed by atoms with Crippen LogP contribution in [-0.4, -0.2) is 81.7 Å². The van der Waals surface area contributed by atoms with Crippen LogP contribution in [0, 0.1) is 0 Å². The van der Waals surface area contributed by atoms with Crippen LogP contribution in [-0.2, 0) is 5.41 Å². The molecule has 0 radical (unpaired) electrons. The lowest BCUT2D eigenvalue weighted by molar-refractivity contribution is 0.420. The van der Waals surface area contributed by atoms with Gasteiger partial charge in [-0.3, -0.25) is 9.98 Å². The lowest BCUT2D eigenvalue weighted by Crippen LogP contribution is -2.16. The second kappa shape index (κ2) is 9.68. The number of nitrogens with zero attached hydrogens (tertiary/aromatic N) is 4. The first-order chi connectivity index (χ1) is 11.6. The van der Waals surface area contributed by atoms with E-state index in [4.69, 9.17) is 0 Å². The maximum absolute atomic E-state index is 10.6. The Morgan fingerprint density at radius 1 is 0.880 bits per heavy atom. The molecule has 5 heteroatoms. The number of likely N-dealkylation sites (N-methyl/N-ethyl adjacent to an activating group) is 2. The molecule has 140 valence electrons. The molecule has 0 aliphatic heterocycles. The summed E-state index contributed by atoms with van der Waals surface area (Å²) in [6.07, 6.45) is 3.54. The van der Waals surface area contributed by atoms with Crippen LogP contribution in [0.5, 0.6) is 5.75 Å². The summed E-state index contributed by atoms with van der Waals surface area (Å²) < 4.78 is 0. The van der Waals surface area contributed by atoms with Crippen molar-refractivity contribution in [1.29, 1.82) is 0 Å². The summed E-state index contributed by atoms with van der Waals surface area (Å²) in [5, 5.41) is 10.6. The normalized spacial score (nSPS) is 13.0. The van der Waals surface area contributed by atoms with Crippen LogP contribution in [0.15, 0.2) is 22.1 Å². The lowest BCUT2D eigenvalue weighted by atomic mass is 9.85. The van der Waals surface area contributed by atoms with Gasteiger partial charge in [-0.25, -0.2) is 0 Å². The van der Waals surface area contributed by atoms with Crippen molar-refractivity contribution in [2.24, 2.45) is 9.98 Å². The highest BCUT2D eigenvalue weighted by molar-refractivity contribution is 5.92. The van der Waals surface area contributed by atoms with Crippen LogP contribution in [0.3, 0.4) is 0 Å². The first-order valence-corrected chi connectivity index (χ1v) is 8.78. The molecule has 0 fully saturated rings. The molecule has 0 aromatic heterocycles. The minimum atomic E-state index is -0.00779. The fourth-order valence-corrected chi connectivity index (χ4v) is 2.15. The van der Waals surface area contributed by atoms with Crippen LogP contribution in [0.2, 0.25) is 0 Å². The van der Waals surface area contributed by atoms with Crippen molar-refractivity contribution in [1.82, 2.24) is 9.80 Å². The van der Waals surface area contributed by atoms with Gasteiger partial charge < -0.3 is 14.9 Å². The second-order valence-electron chi connectivity index (χ2n) is 7.93. The predicted octanol–water partition coefficient (Wildman–Crippen LogP) is 2.65. The molecule has 0 saturated heterocycles. The molecule has 0 amide bonds. The van der Waals surface area contributed by atoms with Crippen LogP contribution in [0.1, 0.15) is 37.5 Å². The highest BCUT2D eigenvalue weighted by Gasteiger charge is 2.17. The van der Waals surface area contributed by atoms with E-state index in [1.54, 1.807) is 12.4 Å². The molecular weight excluding hydrogens is 312 g/mol. The number of aromatic hydroxyl groups is 1. The van der Waals surface area contributed by atoms with Gasteiger partial charge in [0.05, 0.1) is 13.1 Å². The van der Waals surface area contributed by atoms with Crippen LogP contribution in [0.4, 0.5) is 0 Å². The zero-order valence-electron chi connectivity index (χ0n) is 16.9. The minimum absolute atomic E-state index is 0.00779. The van der Waals surface area contributed by atoms with Crippen molar-refractivity contribution in [2.75, 3.05) is 54.4 Å². The topological polar surface area (TPSA) is 51.4 Å². The summed E-state index contributed by atoms with van der Waals surface area (Å²) >= 11 is 0. The molecule has 25 heavy (non-hydrogen) atoms. The van der Waals surface area contributed by atoms with Crippen molar-refractivity contribution in [3.63, 3.8) is 0 Å². The number of hydrogen-bond acceptors (Lipinski definition) is 5. The van der Waals surface area contributed by atoms with E-state index < -0.39 is 0 Å². The van der Waals surface area contributed by atoms with Crippen molar-refractivity contribution in [3.8, 4) is 5.75 Å². The number of hydrogen-bond donors (Lipinski definition) is 1. The maximum Gasteiger partial charge on any atom is 0.133 e. The number of benzene rings is 1. The summed E-state index contributed by atoms with van der Waals surface area (Å²) in [7, 11) is 8.09. The van der Waals surface area contributed by atoms with E-state index in [0.29, 0.717) is 13.1 Å². The Kier molecular flexibility index (Phi) is 8.26. The summed E-state index contributed by atoms with van der Waals surface area (Å²) in [5.41, 5.74) is 2.65. The highest BCUT2D eigenvalue weighted by Crippen LogP contribution is 2.29. The zero-order valence-corrected chi connectivity index (χ0v) is 16.9. The van der Waals surface area contributed by atoms with Gasteiger partial charge in [0.2, 0.25) is 0 Å². The molecule has 0 heterocycles. The standard InChI is InChI=1S/C20H34N4O/c1-20(2,3)18-12-16(14-21-8-10-23(4)5)19(25)17(13-18)15-22-9-11-24(6)7/h12-15,25H,8-11H2,1-7H3. The Morgan fingerprint density at radius 3 is 1.60 bits per heavy atom. The second-order valence-corrected chi connectivity index (χ2v) is 7.93. The summed E-state index contributed by atoms with van der Waals surface area (Å²) in [6.45, 7) is 9.68.